The van der Waals surface area contributed by atoms with Crippen molar-refractivity contribution in [2.75, 3.05) is 23.4 Å². The van der Waals surface area contributed by atoms with Gasteiger partial charge >= 0.3 is 5.97 Å². The number of amides is 1. The number of rotatable bonds is 5. The number of methoxy groups -OCH3 is 1. The van der Waals surface area contributed by atoms with Crippen LogP contribution >= 0.6 is 0 Å². The van der Waals surface area contributed by atoms with E-state index in [1.165, 1.54) is 49.6 Å². The molecule has 2 rings (SSSR count). The highest BCUT2D eigenvalue weighted by Gasteiger charge is 2.13. The summed E-state index contributed by atoms with van der Waals surface area (Å²) in [6.45, 7) is 0. The van der Waals surface area contributed by atoms with E-state index in [1.807, 2.05) is 0 Å². The second-order valence-corrected chi connectivity index (χ2v) is 6.88. The van der Waals surface area contributed by atoms with Gasteiger partial charge in [0.15, 0.2) is 0 Å². The molecular weight excluding hydrogens is 348 g/mol. The van der Waals surface area contributed by atoms with Crippen molar-refractivity contribution in [1.82, 2.24) is 0 Å². The molecule has 25 heavy (non-hydrogen) atoms. The van der Waals surface area contributed by atoms with Gasteiger partial charge in [0.2, 0.25) is 10.0 Å². The average molecular weight is 364 g/mol. The maximum absolute atomic E-state index is 12.2. The number of phenols is 1. The van der Waals surface area contributed by atoms with Crippen molar-refractivity contribution in [3.63, 3.8) is 0 Å². The fourth-order valence-corrected chi connectivity index (χ4v) is 2.54. The molecule has 0 saturated heterocycles. The summed E-state index contributed by atoms with van der Waals surface area (Å²) in [7, 11) is -2.18. The number of carbonyl (C=O) groups is 2. The summed E-state index contributed by atoms with van der Waals surface area (Å²) in [5.74, 6) is -1.40. The predicted molar refractivity (Wildman–Crippen MR) is 92.3 cm³/mol. The molecule has 0 radical (unpaired) electrons. The van der Waals surface area contributed by atoms with Crippen molar-refractivity contribution in [3.8, 4) is 5.75 Å². The first-order chi connectivity index (χ1) is 11.7. The number of hydrogen-bond acceptors (Lipinski definition) is 6. The molecule has 2 aromatic rings. The lowest BCUT2D eigenvalue weighted by atomic mass is 10.1. The Bertz CT molecular complexity index is 907. The molecule has 0 saturated carbocycles. The van der Waals surface area contributed by atoms with Gasteiger partial charge < -0.3 is 15.2 Å². The third kappa shape index (κ3) is 4.95. The molecule has 0 aliphatic heterocycles. The van der Waals surface area contributed by atoms with E-state index in [0.29, 0.717) is 5.69 Å². The Hall–Kier alpha value is -3.07. The molecule has 8 nitrogen and oxygen atoms in total. The minimum absolute atomic E-state index is 0.121. The summed E-state index contributed by atoms with van der Waals surface area (Å²) in [5.41, 5.74) is 0.852. The first-order valence-electron chi connectivity index (χ1n) is 7.00. The van der Waals surface area contributed by atoms with Crippen LogP contribution in [0.15, 0.2) is 42.5 Å². The first-order valence-corrected chi connectivity index (χ1v) is 8.89. The number of ether oxygens (including phenoxy) is 1. The van der Waals surface area contributed by atoms with Crippen LogP contribution in [-0.2, 0) is 14.8 Å². The molecule has 0 aliphatic rings. The van der Waals surface area contributed by atoms with Gasteiger partial charge in [-0.05, 0) is 42.5 Å². The fraction of sp³-hybridized carbons (Fsp3) is 0.125. The van der Waals surface area contributed by atoms with Crippen molar-refractivity contribution in [1.29, 1.82) is 0 Å². The second kappa shape index (κ2) is 7.22. The van der Waals surface area contributed by atoms with Crippen LogP contribution < -0.4 is 10.0 Å². The Balaban J connectivity index is 2.13. The molecule has 9 heteroatoms. The number of nitrogens with one attached hydrogen (secondary N) is 2. The summed E-state index contributed by atoms with van der Waals surface area (Å²) in [5, 5.41) is 12.4. The van der Waals surface area contributed by atoms with Crippen molar-refractivity contribution in [2.24, 2.45) is 0 Å². The number of phenolic OH excluding ortho intramolecular Hbond substituents is 1. The van der Waals surface area contributed by atoms with Crippen LogP contribution in [0.5, 0.6) is 5.75 Å². The summed E-state index contributed by atoms with van der Waals surface area (Å²) in [6.07, 6.45) is 1.02. The number of sulfonamides is 1. The minimum atomic E-state index is -3.40. The van der Waals surface area contributed by atoms with Crippen LogP contribution in [0.4, 0.5) is 11.4 Å². The largest absolute Gasteiger partial charge is 0.506 e. The molecule has 0 fully saturated rings. The number of hydrogen-bond donors (Lipinski definition) is 3. The summed E-state index contributed by atoms with van der Waals surface area (Å²) < 4.78 is 29.1. The quantitative estimate of drug-likeness (QED) is 0.549. The fourth-order valence-electron chi connectivity index (χ4n) is 1.98. The van der Waals surface area contributed by atoms with E-state index >= 15 is 0 Å². The van der Waals surface area contributed by atoms with E-state index in [-0.39, 0.29) is 22.6 Å². The van der Waals surface area contributed by atoms with Gasteiger partial charge in [0.05, 0.1) is 24.6 Å². The minimum Gasteiger partial charge on any atom is -0.506 e. The van der Waals surface area contributed by atoms with E-state index in [0.717, 1.165) is 6.26 Å². The van der Waals surface area contributed by atoms with Crippen LogP contribution in [0.25, 0.3) is 0 Å². The topological polar surface area (TPSA) is 122 Å². The second-order valence-electron chi connectivity index (χ2n) is 5.13. The third-order valence-electron chi connectivity index (χ3n) is 3.12. The van der Waals surface area contributed by atoms with Crippen LogP contribution in [-0.4, -0.2) is 38.8 Å². The molecule has 0 aliphatic carbocycles. The summed E-state index contributed by atoms with van der Waals surface area (Å²) >= 11 is 0. The molecule has 132 valence electrons. The maximum atomic E-state index is 12.2. The Morgan fingerprint density at radius 2 is 1.64 bits per heavy atom. The number of benzene rings is 2. The predicted octanol–water partition coefficient (Wildman–Crippen LogP) is 1.80. The van der Waals surface area contributed by atoms with Crippen LogP contribution in [0.2, 0.25) is 0 Å². The van der Waals surface area contributed by atoms with E-state index in [9.17, 15) is 23.1 Å². The third-order valence-corrected chi connectivity index (χ3v) is 3.72. The van der Waals surface area contributed by atoms with E-state index in [1.54, 1.807) is 0 Å². The molecule has 0 bridgehead atoms. The zero-order valence-electron chi connectivity index (χ0n) is 13.4. The first kappa shape index (κ1) is 18.3. The van der Waals surface area contributed by atoms with Gasteiger partial charge in [-0.2, -0.15) is 0 Å². The Morgan fingerprint density at radius 1 is 1.04 bits per heavy atom. The molecular formula is C16H16N2O6S. The van der Waals surface area contributed by atoms with E-state index in [2.05, 4.69) is 14.8 Å². The molecule has 3 N–H and O–H groups in total. The van der Waals surface area contributed by atoms with Gasteiger partial charge in [-0.1, -0.05) is 0 Å². The standard InChI is InChI=1S/C16H16N2O6S/c1-24-16(21)11-5-8-13(14(19)9-11)17-15(20)10-3-6-12(7-4-10)18-25(2,22)23/h3-9,18-19H,1-2H3,(H,17,20). The summed E-state index contributed by atoms with van der Waals surface area (Å²) in [6, 6.07) is 9.71. The van der Waals surface area contributed by atoms with Gasteiger partial charge in [0.1, 0.15) is 5.75 Å². The normalized spacial score (nSPS) is 10.8. The molecule has 1 amide bonds. The average Bonchev–Trinajstić information content (AvgIpc) is 2.55. The molecule has 0 heterocycles. The Labute approximate surface area is 144 Å². The highest BCUT2D eigenvalue weighted by atomic mass is 32.2. The molecule has 0 spiro atoms. The lowest BCUT2D eigenvalue weighted by Gasteiger charge is -2.09. The smallest absolute Gasteiger partial charge is 0.337 e. The highest BCUT2D eigenvalue weighted by Crippen LogP contribution is 2.25. The highest BCUT2D eigenvalue weighted by molar-refractivity contribution is 7.92. The van der Waals surface area contributed by atoms with Crippen LogP contribution in [0, 0.1) is 0 Å². The molecule has 0 atom stereocenters. The van der Waals surface area contributed by atoms with Crippen LogP contribution in [0.1, 0.15) is 20.7 Å². The zero-order valence-corrected chi connectivity index (χ0v) is 14.3. The van der Waals surface area contributed by atoms with Crippen molar-refractivity contribution in [3.05, 3.63) is 53.6 Å². The van der Waals surface area contributed by atoms with Crippen molar-refractivity contribution >= 4 is 33.3 Å². The Morgan fingerprint density at radius 3 is 2.16 bits per heavy atom. The van der Waals surface area contributed by atoms with Gasteiger partial charge in [-0.3, -0.25) is 9.52 Å². The van der Waals surface area contributed by atoms with E-state index in [4.69, 9.17) is 0 Å². The molecule has 2 aromatic carbocycles. The lowest BCUT2D eigenvalue weighted by molar-refractivity contribution is 0.0600. The van der Waals surface area contributed by atoms with Gasteiger partial charge in [-0.15, -0.1) is 0 Å². The van der Waals surface area contributed by atoms with Crippen LogP contribution in [0.3, 0.4) is 0 Å². The summed E-state index contributed by atoms with van der Waals surface area (Å²) in [4.78, 5) is 23.6. The molecule has 0 unspecified atom stereocenters. The SMILES string of the molecule is COC(=O)c1ccc(NC(=O)c2ccc(NS(C)(=O)=O)cc2)c(O)c1. The number of carbonyl (C=O) groups excluding carboxylic acids is 2. The van der Waals surface area contributed by atoms with Crippen molar-refractivity contribution in [2.45, 2.75) is 0 Å². The Kier molecular flexibility index (Phi) is 5.28. The van der Waals surface area contributed by atoms with E-state index < -0.39 is 21.9 Å². The number of esters is 1. The van der Waals surface area contributed by atoms with Gasteiger partial charge in [-0.25, -0.2) is 13.2 Å². The monoisotopic (exact) mass is 364 g/mol. The van der Waals surface area contributed by atoms with Gasteiger partial charge in [0.25, 0.3) is 5.91 Å². The number of aromatic hydroxyl groups is 1. The maximum Gasteiger partial charge on any atom is 0.337 e. The van der Waals surface area contributed by atoms with Gasteiger partial charge in [0, 0.05) is 11.3 Å². The molecule has 0 aromatic heterocycles. The zero-order chi connectivity index (χ0) is 18.6. The van der Waals surface area contributed by atoms with Crippen molar-refractivity contribution < 1.29 is 27.9 Å². The number of anilines is 2. The lowest BCUT2D eigenvalue weighted by Crippen LogP contribution is -2.13.